The van der Waals surface area contributed by atoms with Crippen LogP contribution in [-0.2, 0) is 11.3 Å². The van der Waals surface area contributed by atoms with Gasteiger partial charge in [-0.2, -0.15) is 0 Å². The van der Waals surface area contributed by atoms with Crippen molar-refractivity contribution in [2.24, 2.45) is 5.73 Å². The van der Waals surface area contributed by atoms with Crippen molar-refractivity contribution in [1.82, 2.24) is 5.32 Å². The van der Waals surface area contributed by atoms with Gasteiger partial charge in [0.25, 0.3) is 0 Å². The molecule has 0 heterocycles. The molecule has 100 valence electrons. The number of nitrogens with two attached hydrogens (primary N) is 1. The maximum atomic E-state index is 10.3. The Labute approximate surface area is 107 Å². The number of aliphatic carboxylic acids is 1. The predicted octanol–water partition coefficient (Wildman–Crippen LogP) is 0.978. The lowest BCUT2D eigenvalue weighted by atomic mass is 10.2. The lowest BCUT2D eigenvalue weighted by Gasteiger charge is -2.06. The van der Waals surface area contributed by atoms with Gasteiger partial charge in [0.05, 0.1) is 0 Å². The number of carboxylic acid groups (broad SMARTS) is 1. The first-order valence-corrected chi connectivity index (χ1v) is 6.06. The van der Waals surface area contributed by atoms with E-state index >= 15 is 0 Å². The highest BCUT2D eigenvalue weighted by molar-refractivity contribution is 5.68. The van der Waals surface area contributed by atoms with E-state index in [9.17, 15) is 4.79 Å². The monoisotopic (exact) mass is 252 g/mol. The highest BCUT2D eigenvalue weighted by Crippen LogP contribution is 2.11. The molecule has 4 N–H and O–H groups in total. The zero-order chi connectivity index (χ0) is 13.2. The predicted molar refractivity (Wildman–Crippen MR) is 69.6 cm³/mol. The quantitative estimate of drug-likeness (QED) is 0.570. The van der Waals surface area contributed by atoms with E-state index in [1.165, 1.54) is 0 Å². The summed E-state index contributed by atoms with van der Waals surface area (Å²) < 4.78 is 5.05. The maximum absolute atomic E-state index is 10.3. The van der Waals surface area contributed by atoms with Crippen LogP contribution in [0, 0.1) is 0 Å². The van der Waals surface area contributed by atoms with Crippen LogP contribution >= 0.6 is 0 Å². The van der Waals surface area contributed by atoms with Gasteiger partial charge in [-0.15, -0.1) is 0 Å². The topological polar surface area (TPSA) is 84.6 Å². The van der Waals surface area contributed by atoms with E-state index in [0.717, 1.165) is 38.0 Å². The minimum Gasteiger partial charge on any atom is -0.482 e. The molecule has 0 aromatic heterocycles. The Bertz CT molecular complexity index is 352. The molecule has 0 spiro atoms. The first kappa shape index (κ1) is 14.5. The number of carbonyl (C=O) groups is 1. The Morgan fingerprint density at radius 3 is 2.61 bits per heavy atom. The van der Waals surface area contributed by atoms with Gasteiger partial charge in [-0.25, -0.2) is 4.79 Å². The van der Waals surface area contributed by atoms with E-state index in [1.807, 2.05) is 12.1 Å². The SMILES string of the molecule is NCCCCNCc1ccc(OCC(=O)O)cc1. The van der Waals surface area contributed by atoms with Crippen LogP contribution in [0.3, 0.4) is 0 Å². The molecule has 0 unspecified atom stereocenters. The van der Waals surface area contributed by atoms with Crippen molar-refractivity contribution in [3.05, 3.63) is 29.8 Å². The molecular formula is C13H20N2O3. The molecule has 0 saturated carbocycles. The fourth-order valence-corrected chi connectivity index (χ4v) is 1.48. The zero-order valence-electron chi connectivity index (χ0n) is 10.4. The number of benzene rings is 1. The fourth-order valence-electron chi connectivity index (χ4n) is 1.48. The number of unbranched alkanes of at least 4 members (excludes halogenated alkanes) is 1. The van der Waals surface area contributed by atoms with E-state index in [-0.39, 0.29) is 6.61 Å². The summed E-state index contributed by atoms with van der Waals surface area (Å²) in [5.74, 6) is -0.398. The van der Waals surface area contributed by atoms with Crippen molar-refractivity contribution in [2.75, 3.05) is 19.7 Å². The summed E-state index contributed by atoms with van der Waals surface area (Å²) in [5, 5.41) is 11.8. The lowest BCUT2D eigenvalue weighted by molar-refractivity contribution is -0.139. The van der Waals surface area contributed by atoms with Gasteiger partial charge < -0.3 is 20.9 Å². The molecule has 1 aromatic rings. The Hall–Kier alpha value is -1.59. The van der Waals surface area contributed by atoms with Crippen LogP contribution in [0.2, 0.25) is 0 Å². The molecule has 1 aromatic carbocycles. The van der Waals surface area contributed by atoms with Gasteiger partial charge in [0, 0.05) is 6.54 Å². The Morgan fingerprint density at radius 1 is 1.28 bits per heavy atom. The molecule has 0 bridgehead atoms. The molecule has 0 atom stereocenters. The van der Waals surface area contributed by atoms with E-state index in [0.29, 0.717) is 5.75 Å². The van der Waals surface area contributed by atoms with Crippen molar-refractivity contribution in [2.45, 2.75) is 19.4 Å². The summed E-state index contributed by atoms with van der Waals surface area (Å²) in [7, 11) is 0. The smallest absolute Gasteiger partial charge is 0.341 e. The lowest BCUT2D eigenvalue weighted by Crippen LogP contribution is -2.15. The van der Waals surface area contributed by atoms with Crippen molar-refractivity contribution >= 4 is 5.97 Å². The molecule has 0 fully saturated rings. The van der Waals surface area contributed by atoms with Gasteiger partial charge in [0.2, 0.25) is 0 Å². The average molecular weight is 252 g/mol. The number of hydrogen-bond donors (Lipinski definition) is 3. The summed E-state index contributed by atoms with van der Waals surface area (Å²) in [5.41, 5.74) is 6.55. The number of nitrogens with one attached hydrogen (secondary N) is 1. The number of rotatable bonds is 9. The van der Waals surface area contributed by atoms with Crippen molar-refractivity contribution in [1.29, 1.82) is 0 Å². The number of ether oxygens (including phenoxy) is 1. The van der Waals surface area contributed by atoms with Gasteiger partial charge in [0.15, 0.2) is 6.61 Å². The van der Waals surface area contributed by atoms with Gasteiger partial charge in [-0.05, 0) is 43.6 Å². The third-order valence-corrected chi connectivity index (χ3v) is 2.42. The van der Waals surface area contributed by atoms with Gasteiger partial charge in [-0.3, -0.25) is 0 Å². The third kappa shape index (κ3) is 6.22. The Kier molecular flexibility index (Phi) is 6.83. The summed E-state index contributed by atoms with van der Waals surface area (Å²) in [6, 6.07) is 7.40. The summed E-state index contributed by atoms with van der Waals surface area (Å²) in [4.78, 5) is 10.3. The van der Waals surface area contributed by atoms with Crippen LogP contribution in [0.25, 0.3) is 0 Å². The van der Waals surface area contributed by atoms with Crippen molar-refractivity contribution in [3.63, 3.8) is 0 Å². The molecule has 0 aliphatic heterocycles. The highest BCUT2D eigenvalue weighted by atomic mass is 16.5. The second-order valence-electron chi connectivity index (χ2n) is 4.00. The highest BCUT2D eigenvalue weighted by Gasteiger charge is 1.99. The molecule has 18 heavy (non-hydrogen) atoms. The van der Waals surface area contributed by atoms with E-state index in [2.05, 4.69) is 5.32 Å². The molecule has 0 radical (unpaired) electrons. The van der Waals surface area contributed by atoms with Crippen LogP contribution in [0.1, 0.15) is 18.4 Å². The fraction of sp³-hybridized carbons (Fsp3) is 0.462. The van der Waals surface area contributed by atoms with E-state index in [4.69, 9.17) is 15.6 Å². The Balaban J connectivity index is 2.25. The molecule has 5 nitrogen and oxygen atoms in total. The normalized spacial score (nSPS) is 10.3. The summed E-state index contributed by atoms with van der Waals surface area (Å²) >= 11 is 0. The third-order valence-electron chi connectivity index (χ3n) is 2.42. The Morgan fingerprint density at radius 2 is 2.00 bits per heavy atom. The van der Waals surface area contributed by atoms with Gasteiger partial charge in [-0.1, -0.05) is 12.1 Å². The van der Waals surface area contributed by atoms with Crippen LogP contribution in [0.5, 0.6) is 5.75 Å². The minimum absolute atomic E-state index is 0.309. The molecule has 0 aliphatic rings. The molecular weight excluding hydrogens is 232 g/mol. The molecule has 1 rings (SSSR count). The maximum Gasteiger partial charge on any atom is 0.341 e. The number of carboxylic acids is 1. The molecule has 0 aliphatic carbocycles. The summed E-state index contributed by atoms with van der Waals surface area (Å²) in [6.07, 6.45) is 2.12. The second kappa shape index (κ2) is 8.49. The van der Waals surface area contributed by atoms with Gasteiger partial charge >= 0.3 is 5.97 Å². The standard InChI is InChI=1S/C13H20N2O3/c14-7-1-2-8-15-9-11-3-5-12(6-4-11)18-10-13(16)17/h3-6,15H,1-2,7-10,14H2,(H,16,17). The van der Waals surface area contributed by atoms with Crippen LogP contribution in [0.4, 0.5) is 0 Å². The van der Waals surface area contributed by atoms with Crippen LogP contribution in [0.15, 0.2) is 24.3 Å². The second-order valence-corrected chi connectivity index (χ2v) is 4.00. The van der Waals surface area contributed by atoms with E-state index < -0.39 is 5.97 Å². The molecule has 0 amide bonds. The molecule has 0 saturated heterocycles. The minimum atomic E-state index is -0.972. The van der Waals surface area contributed by atoms with Crippen molar-refractivity contribution in [3.8, 4) is 5.75 Å². The van der Waals surface area contributed by atoms with Crippen LogP contribution < -0.4 is 15.8 Å². The first-order chi connectivity index (χ1) is 8.72. The van der Waals surface area contributed by atoms with Crippen molar-refractivity contribution < 1.29 is 14.6 Å². The largest absolute Gasteiger partial charge is 0.482 e. The average Bonchev–Trinajstić information content (AvgIpc) is 2.37. The first-order valence-electron chi connectivity index (χ1n) is 6.06. The van der Waals surface area contributed by atoms with Crippen LogP contribution in [-0.4, -0.2) is 30.8 Å². The zero-order valence-corrected chi connectivity index (χ0v) is 10.4. The number of hydrogen-bond acceptors (Lipinski definition) is 4. The van der Waals surface area contributed by atoms with Gasteiger partial charge in [0.1, 0.15) is 5.75 Å². The van der Waals surface area contributed by atoms with E-state index in [1.54, 1.807) is 12.1 Å². The summed E-state index contributed by atoms with van der Waals surface area (Å²) in [6.45, 7) is 2.17. The molecule has 5 heteroatoms.